The Hall–Kier alpha value is 0.0700. The highest BCUT2D eigenvalue weighted by Gasteiger charge is 2.21. The van der Waals surface area contributed by atoms with Crippen LogP contribution in [0, 0.1) is 0 Å². The second-order valence-corrected chi connectivity index (χ2v) is 5.78. The number of ether oxygens (including phenoxy) is 1. The van der Waals surface area contributed by atoms with E-state index in [2.05, 4.69) is 0 Å². The molecule has 0 aromatic carbocycles. The Balaban J connectivity index is 2.25. The average Bonchev–Trinajstić information content (AvgIpc) is 2.19. The van der Waals surface area contributed by atoms with Crippen LogP contribution in [0.4, 0.5) is 0 Å². The fourth-order valence-electron chi connectivity index (χ4n) is 1.94. The third kappa shape index (κ3) is 4.07. The fourth-order valence-corrected chi connectivity index (χ4v) is 3.59. The Morgan fingerprint density at radius 1 is 1.43 bits per heavy atom. The summed E-state index contributed by atoms with van der Waals surface area (Å²) in [6.45, 7) is 0.512. The summed E-state index contributed by atoms with van der Waals surface area (Å²) in [4.78, 5) is 0. The standard InChI is InChI=1S/C10H21NO2S/c1-13-7-9(11)8-14(12)10-5-3-2-4-6-10/h9-10H,2-8,11H2,1H3. The van der Waals surface area contributed by atoms with Crippen LogP contribution in [0.2, 0.25) is 0 Å². The molecule has 0 bridgehead atoms. The molecule has 3 nitrogen and oxygen atoms in total. The van der Waals surface area contributed by atoms with Gasteiger partial charge in [0.2, 0.25) is 0 Å². The molecule has 0 aromatic rings. The van der Waals surface area contributed by atoms with Crippen LogP contribution in [0.15, 0.2) is 0 Å². The Morgan fingerprint density at radius 3 is 2.64 bits per heavy atom. The normalized spacial score (nSPS) is 23.3. The summed E-state index contributed by atoms with van der Waals surface area (Å²) in [6.07, 6.45) is 6.00. The van der Waals surface area contributed by atoms with Crippen LogP contribution < -0.4 is 5.73 Å². The topological polar surface area (TPSA) is 52.3 Å². The molecule has 1 aliphatic carbocycles. The van der Waals surface area contributed by atoms with Crippen LogP contribution in [0.1, 0.15) is 32.1 Å². The first-order valence-corrected chi connectivity index (χ1v) is 6.74. The van der Waals surface area contributed by atoms with E-state index in [1.54, 1.807) is 7.11 Å². The number of hydrogen-bond acceptors (Lipinski definition) is 3. The summed E-state index contributed by atoms with van der Waals surface area (Å²) < 4.78 is 16.8. The van der Waals surface area contributed by atoms with Gasteiger partial charge < -0.3 is 10.5 Å². The van der Waals surface area contributed by atoms with Gasteiger partial charge in [-0.15, -0.1) is 0 Å². The maximum atomic E-state index is 11.9. The number of nitrogens with two attached hydrogens (primary N) is 1. The summed E-state index contributed by atoms with van der Waals surface area (Å²) in [5.74, 6) is 0.596. The highest BCUT2D eigenvalue weighted by atomic mass is 32.2. The molecule has 1 rings (SSSR count). The quantitative estimate of drug-likeness (QED) is 0.751. The lowest BCUT2D eigenvalue weighted by atomic mass is 10.0. The van der Waals surface area contributed by atoms with E-state index >= 15 is 0 Å². The second kappa shape index (κ2) is 6.53. The van der Waals surface area contributed by atoms with Gasteiger partial charge in [0.25, 0.3) is 0 Å². The Labute approximate surface area is 88.8 Å². The zero-order valence-corrected chi connectivity index (χ0v) is 9.72. The lowest BCUT2D eigenvalue weighted by Crippen LogP contribution is -2.35. The number of rotatable bonds is 5. The summed E-state index contributed by atoms with van der Waals surface area (Å²) >= 11 is 0. The van der Waals surface area contributed by atoms with E-state index in [0.717, 1.165) is 12.8 Å². The predicted octanol–water partition coefficient (Wildman–Crippen LogP) is 1.04. The Bertz CT molecular complexity index is 181. The molecule has 0 amide bonds. The van der Waals surface area contributed by atoms with Crippen molar-refractivity contribution < 1.29 is 8.95 Å². The first-order chi connectivity index (χ1) is 6.74. The minimum atomic E-state index is -0.743. The van der Waals surface area contributed by atoms with Gasteiger partial charge in [-0.2, -0.15) is 0 Å². The van der Waals surface area contributed by atoms with Crippen LogP contribution in [-0.2, 0) is 15.5 Å². The van der Waals surface area contributed by atoms with Gasteiger partial charge in [-0.3, -0.25) is 4.21 Å². The SMILES string of the molecule is COCC(N)CS(=O)C1CCCCC1. The van der Waals surface area contributed by atoms with Crippen molar-refractivity contribution in [2.45, 2.75) is 43.4 Å². The van der Waals surface area contributed by atoms with Gasteiger partial charge in [0.05, 0.1) is 6.61 Å². The van der Waals surface area contributed by atoms with Crippen LogP contribution in [0.5, 0.6) is 0 Å². The molecule has 1 aliphatic rings. The van der Waals surface area contributed by atoms with Crippen LogP contribution >= 0.6 is 0 Å². The van der Waals surface area contributed by atoms with Gasteiger partial charge in [0.1, 0.15) is 0 Å². The Kier molecular flexibility index (Phi) is 5.67. The minimum Gasteiger partial charge on any atom is -0.383 e. The average molecular weight is 219 g/mol. The summed E-state index contributed by atoms with van der Waals surface area (Å²) in [6, 6.07) is -0.0669. The van der Waals surface area contributed by atoms with Crippen LogP contribution in [-0.4, -0.2) is 35.0 Å². The molecule has 84 valence electrons. The van der Waals surface area contributed by atoms with Gasteiger partial charge in [-0.05, 0) is 12.8 Å². The summed E-state index contributed by atoms with van der Waals surface area (Å²) in [7, 11) is 0.885. The van der Waals surface area contributed by atoms with Crippen molar-refractivity contribution in [3.8, 4) is 0 Å². The van der Waals surface area contributed by atoms with Crippen molar-refractivity contribution in [3.05, 3.63) is 0 Å². The largest absolute Gasteiger partial charge is 0.383 e. The smallest absolute Gasteiger partial charge is 0.0622 e. The molecule has 0 saturated heterocycles. The molecular formula is C10H21NO2S. The zero-order valence-electron chi connectivity index (χ0n) is 8.91. The summed E-state index contributed by atoms with van der Waals surface area (Å²) in [5, 5.41) is 0.395. The van der Waals surface area contributed by atoms with E-state index in [0.29, 0.717) is 17.6 Å². The van der Waals surface area contributed by atoms with Gasteiger partial charge in [-0.25, -0.2) is 0 Å². The number of methoxy groups -OCH3 is 1. The maximum absolute atomic E-state index is 11.9. The molecule has 1 fully saturated rings. The van der Waals surface area contributed by atoms with Gasteiger partial charge in [-0.1, -0.05) is 19.3 Å². The van der Waals surface area contributed by atoms with Crippen molar-refractivity contribution in [2.75, 3.05) is 19.5 Å². The molecule has 2 N–H and O–H groups in total. The van der Waals surface area contributed by atoms with Crippen molar-refractivity contribution >= 4 is 10.8 Å². The van der Waals surface area contributed by atoms with Crippen molar-refractivity contribution in [1.29, 1.82) is 0 Å². The molecular weight excluding hydrogens is 198 g/mol. The van der Waals surface area contributed by atoms with E-state index < -0.39 is 10.8 Å². The molecule has 0 aromatic heterocycles. The molecule has 2 atom stereocenters. The van der Waals surface area contributed by atoms with Crippen LogP contribution in [0.25, 0.3) is 0 Å². The zero-order chi connectivity index (χ0) is 10.4. The molecule has 4 heteroatoms. The van der Waals surface area contributed by atoms with Crippen molar-refractivity contribution in [1.82, 2.24) is 0 Å². The lowest BCUT2D eigenvalue weighted by Gasteiger charge is -2.22. The third-order valence-corrected chi connectivity index (χ3v) is 4.65. The lowest BCUT2D eigenvalue weighted by molar-refractivity contribution is 0.186. The minimum absolute atomic E-state index is 0.0669. The van der Waals surface area contributed by atoms with E-state index in [9.17, 15) is 4.21 Å². The van der Waals surface area contributed by atoms with Gasteiger partial charge in [0.15, 0.2) is 0 Å². The van der Waals surface area contributed by atoms with E-state index in [-0.39, 0.29) is 6.04 Å². The maximum Gasteiger partial charge on any atom is 0.0622 e. The second-order valence-electron chi connectivity index (χ2n) is 4.02. The van der Waals surface area contributed by atoms with E-state index in [1.165, 1.54) is 19.3 Å². The van der Waals surface area contributed by atoms with Crippen LogP contribution in [0.3, 0.4) is 0 Å². The Morgan fingerprint density at radius 2 is 2.07 bits per heavy atom. The molecule has 0 heterocycles. The first kappa shape index (κ1) is 12.1. The monoisotopic (exact) mass is 219 g/mol. The molecule has 2 unspecified atom stereocenters. The van der Waals surface area contributed by atoms with Crippen molar-refractivity contribution in [3.63, 3.8) is 0 Å². The highest BCUT2D eigenvalue weighted by Crippen LogP contribution is 2.22. The first-order valence-electron chi connectivity index (χ1n) is 5.35. The molecule has 14 heavy (non-hydrogen) atoms. The van der Waals surface area contributed by atoms with Gasteiger partial charge >= 0.3 is 0 Å². The van der Waals surface area contributed by atoms with Crippen molar-refractivity contribution in [2.24, 2.45) is 5.73 Å². The molecule has 0 spiro atoms. The van der Waals surface area contributed by atoms with E-state index in [4.69, 9.17) is 10.5 Å². The highest BCUT2D eigenvalue weighted by molar-refractivity contribution is 7.85. The predicted molar refractivity (Wildman–Crippen MR) is 59.7 cm³/mol. The molecule has 0 radical (unpaired) electrons. The summed E-state index contributed by atoms with van der Waals surface area (Å²) in [5.41, 5.74) is 5.77. The number of hydrogen-bond donors (Lipinski definition) is 1. The molecule has 0 aliphatic heterocycles. The van der Waals surface area contributed by atoms with E-state index in [1.807, 2.05) is 0 Å². The third-order valence-electron chi connectivity index (χ3n) is 2.68. The molecule has 1 saturated carbocycles. The fraction of sp³-hybridized carbons (Fsp3) is 1.00. The van der Waals surface area contributed by atoms with Gasteiger partial charge in [0, 0.05) is 35.0 Å².